The number of amides is 1. The van der Waals surface area contributed by atoms with E-state index in [2.05, 4.69) is 12.1 Å². The monoisotopic (exact) mass is 291 g/mol. The Morgan fingerprint density at radius 2 is 1.76 bits per heavy atom. The minimum absolute atomic E-state index is 0.00409. The highest BCUT2D eigenvalue weighted by Crippen LogP contribution is 2.26. The van der Waals surface area contributed by atoms with Crippen molar-refractivity contribution < 1.29 is 15.0 Å². The van der Waals surface area contributed by atoms with Gasteiger partial charge in [-0.3, -0.25) is 4.79 Å². The van der Waals surface area contributed by atoms with Crippen LogP contribution in [-0.2, 0) is 11.2 Å². The van der Waals surface area contributed by atoms with Crippen LogP contribution in [0.3, 0.4) is 0 Å². The lowest BCUT2D eigenvalue weighted by Gasteiger charge is -2.30. The number of nitrogens with zero attached hydrogens (tertiary/aromatic N) is 1. The Hall–Kier alpha value is -1.39. The van der Waals surface area contributed by atoms with E-state index in [0.29, 0.717) is 25.9 Å². The Labute approximate surface area is 126 Å². The van der Waals surface area contributed by atoms with Gasteiger partial charge >= 0.3 is 0 Å². The van der Waals surface area contributed by atoms with E-state index in [1.807, 2.05) is 18.2 Å². The van der Waals surface area contributed by atoms with Crippen LogP contribution in [0.2, 0.25) is 0 Å². The molecule has 4 nitrogen and oxygen atoms in total. The molecule has 0 radical (unpaired) electrons. The molecule has 21 heavy (non-hydrogen) atoms. The van der Waals surface area contributed by atoms with Gasteiger partial charge in [0, 0.05) is 19.0 Å². The minimum atomic E-state index is -0.246. The molecule has 0 atom stereocenters. The molecular weight excluding hydrogens is 266 g/mol. The summed E-state index contributed by atoms with van der Waals surface area (Å²) in [5, 5.41) is 18.7. The molecule has 0 spiro atoms. The van der Waals surface area contributed by atoms with Crippen LogP contribution < -0.4 is 0 Å². The summed E-state index contributed by atoms with van der Waals surface area (Å²) in [6.07, 6.45) is 3.50. The summed E-state index contributed by atoms with van der Waals surface area (Å²) in [6, 6.07) is 10.1. The standard InChI is InChI=1S/C17H25NO3/c19-13-12-18(11-10-14-4-2-1-3-5-14)17(21)15-6-8-16(20)9-7-15/h1-5,15-16,19-20H,6-13H2. The van der Waals surface area contributed by atoms with E-state index in [0.717, 1.165) is 19.3 Å². The SMILES string of the molecule is O=C(C1CCC(O)CC1)N(CCO)CCc1ccccc1. The zero-order valence-electron chi connectivity index (χ0n) is 12.4. The number of hydrogen-bond acceptors (Lipinski definition) is 3. The molecule has 0 saturated heterocycles. The van der Waals surface area contributed by atoms with Gasteiger partial charge in [-0.1, -0.05) is 30.3 Å². The first-order chi connectivity index (χ1) is 10.2. The first-order valence-electron chi connectivity index (χ1n) is 7.82. The summed E-state index contributed by atoms with van der Waals surface area (Å²) in [7, 11) is 0. The maximum atomic E-state index is 12.5. The lowest BCUT2D eigenvalue weighted by atomic mass is 9.86. The molecule has 1 aromatic carbocycles. The summed E-state index contributed by atoms with van der Waals surface area (Å²) in [4.78, 5) is 14.3. The third-order valence-electron chi connectivity index (χ3n) is 4.24. The average molecular weight is 291 g/mol. The molecule has 2 rings (SSSR count). The van der Waals surface area contributed by atoms with E-state index in [9.17, 15) is 15.0 Å². The van der Waals surface area contributed by atoms with Gasteiger partial charge in [-0.2, -0.15) is 0 Å². The summed E-state index contributed by atoms with van der Waals surface area (Å²) in [6.45, 7) is 1.03. The number of carbonyl (C=O) groups excluding carboxylic acids is 1. The van der Waals surface area contributed by atoms with Crippen molar-refractivity contribution >= 4 is 5.91 Å². The fourth-order valence-corrected chi connectivity index (χ4v) is 2.94. The zero-order chi connectivity index (χ0) is 15.1. The molecule has 0 unspecified atom stereocenters. The predicted octanol–water partition coefficient (Wildman–Crippen LogP) is 1.60. The second-order valence-corrected chi connectivity index (χ2v) is 5.79. The molecule has 1 aliphatic rings. The normalized spacial score (nSPS) is 22.0. The van der Waals surface area contributed by atoms with Crippen LogP contribution in [0.15, 0.2) is 30.3 Å². The van der Waals surface area contributed by atoms with Crippen molar-refractivity contribution in [2.24, 2.45) is 5.92 Å². The van der Waals surface area contributed by atoms with E-state index in [-0.39, 0.29) is 24.5 Å². The number of carbonyl (C=O) groups is 1. The Morgan fingerprint density at radius 3 is 2.38 bits per heavy atom. The Bertz CT molecular complexity index is 427. The number of rotatable bonds is 6. The molecule has 0 heterocycles. The Kier molecular flexibility index (Phi) is 6.21. The van der Waals surface area contributed by atoms with Crippen LogP contribution >= 0.6 is 0 Å². The number of hydrogen-bond donors (Lipinski definition) is 2. The molecule has 0 aliphatic heterocycles. The molecule has 1 aromatic rings. The molecule has 1 aliphatic carbocycles. The summed E-state index contributed by atoms with van der Waals surface area (Å²) >= 11 is 0. The van der Waals surface area contributed by atoms with E-state index >= 15 is 0 Å². The van der Waals surface area contributed by atoms with Gasteiger partial charge in [-0.05, 0) is 37.7 Å². The van der Waals surface area contributed by atoms with Crippen molar-refractivity contribution in [1.82, 2.24) is 4.90 Å². The van der Waals surface area contributed by atoms with Gasteiger partial charge in [0.2, 0.25) is 5.91 Å². The second kappa shape index (κ2) is 8.15. The molecule has 116 valence electrons. The number of benzene rings is 1. The van der Waals surface area contributed by atoms with Crippen LogP contribution in [-0.4, -0.2) is 46.8 Å². The third kappa shape index (κ3) is 4.83. The van der Waals surface area contributed by atoms with Crippen molar-refractivity contribution in [3.63, 3.8) is 0 Å². The summed E-state index contributed by atoms with van der Waals surface area (Å²) in [5.74, 6) is 0.141. The van der Waals surface area contributed by atoms with Crippen molar-refractivity contribution in [3.8, 4) is 0 Å². The predicted molar refractivity (Wildman–Crippen MR) is 81.8 cm³/mol. The zero-order valence-corrected chi connectivity index (χ0v) is 12.4. The van der Waals surface area contributed by atoms with Crippen molar-refractivity contribution in [2.75, 3.05) is 19.7 Å². The van der Waals surface area contributed by atoms with Crippen LogP contribution in [0.25, 0.3) is 0 Å². The first kappa shape index (κ1) is 16.0. The van der Waals surface area contributed by atoms with Gasteiger partial charge in [-0.25, -0.2) is 0 Å². The van der Waals surface area contributed by atoms with Gasteiger partial charge < -0.3 is 15.1 Å². The smallest absolute Gasteiger partial charge is 0.225 e. The molecule has 1 saturated carbocycles. The van der Waals surface area contributed by atoms with Crippen LogP contribution in [0.1, 0.15) is 31.2 Å². The molecule has 0 bridgehead atoms. The van der Waals surface area contributed by atoms with Crippen LogP contribution in [0, 0.1) is 5.92 Å². The molecule has 0 aromatic heterocycles. The lowest BCUT2D eigenvalue weighted by Crippen LogP contribution is -2.41. The highest BCUT2D eigenvalue weighted by molar-refractivity contribution is 5.79. The van der Waals surface area contributed by atoms with E-state index < -0.39 is 0 Å². The van der Waals surface area contributed by atoms with Crippen molar-refractivity contribution in [2.45, 2.75) is 38.2 Å². The summed E-state index contributed by atoms with van der Waals surface area (Å²) in [5.41, 5.74) is 1.20. The highest BCUT2D eigenvalue weighted by Gasteiger charge is 2.28. The van der Waals surface area contributed by atoms with Crippen LogP contribution in [0.5, 0.6) is 0 Å². The molecule has 2 N–H and O–H groups in total. The molecule has 1 amide bonds. The van der Waals surface area contributed by atoms with Crippen molar-refractivity contribution in [3.05, 3.63) is 35.9 Å². The van der Waals surface area contributed by atoms with Gasteiger partial charge in [0.25, 0.3) is 0 Å². The van der Waals surface area contributed by atoms with Gasteiger partial charge in [0.15, 0.2) is 0 Å². The fourth-order valence-electron chi connectivity index (χ4n) is 2.94. The minimum Gasteiger partial charge on any atom is -0.395 e. The highest BCUT2D eigenvalue weighted by atomic mass is 16.3. The Morgan fingerprint density at radius 1 is 1.10 bits per heavy atom. The average Bonchev–Trinajstić information content (AvgIpc) is 2.52. The molecule has 1 fully saturated rings. The van der Waals surface area contributed by atoms with E-state index in [1.54, 1.807) is 4.90 Å². The van der Waals surface area contributed by atoms with Gasteiger partial charge in [-0.15, -0.1) is 0 Å². The molecular formula is C17H25NO3. The van der Waals surface area contributed by atoms with Crippen molar-refractivity contribution in [1.29, 1.82) is 0 Å². The molecule has 4 heteroatoms. The van der Waals surface area contributed by atoms with E-state index in [1.165, 1.54) is 5.56 Å². The maximum absolute atomic E-state index is 12.5. The first-order valence-corrected chi connectivity index (χ1v) is 7.82. The summed E-state index contributed by atoms with van der Waals surface area (Å²) < 4.78 is 0. The third-order valence-corrected chi connectivity index (χ3v) is 4.24. The number of aliphatic hydroxyl groups excluding tert-OH is 2. The quantitative estimate of drug-likeness (QED) is 0.837. The largest absolute Gasteiger partial charge is 0.395 e. The van der Waals surface area contributed by atoms with E-state index in [4.69, 9.17) is 0 Å². The topological polar surface area (TPSA) is 60.8 Å². The van der Waals surface area contributed by atoms with Gasteiger partial charge in [0.1, 0.15) is 0 Å². The fraction of sp³-hybridized carbons (Fsp3) is 0.588. The van der Waals surface area contributed by atoms with Gasteiger partial charge in [0.05, 0.1) is 12.7 Å². The lowest BCUT2D eigenvalue weighted by molar-refractivity contribution is -0.137. The maximum Gasteiger partial charge on any atom is 0.225 e. The second-order valence-electron chi connectivity index (χ2n) is 5.79. The number of aliphatic hydroxyl groups is 2. The van der Waals surface area contributed by atoms with Crippen LogP contribution in [0.4, 0.5) is 0 Å². The Balaban J connectivity index is 1.89.